The monoisotopic (exact) mass is 303 g/mol. The molecule has 0 atom stereocenters. The zero-order chi connectivity index (χ0) is 15.5. The second kappa shape index (κ2) is 6.29. The molecular formula is C18H25NO3. The summed E-state index contributed by atoms with van der Waals surface area (Å²) in [6.45, 7) is 1.32. The molecule has 0 spiro atoms. The highest BCUT2D eigenvalue weighted by Gasteiger charge is 2.48. The first kappa shape index (κ1) is 15.3. The van der Waals surface area contributed by atoms with E-state index in [9.17, 15) is 9.90 Å². The molecule has 0 radical (unpaired) electrons. The molecule has 0 unspecified atom stereocenters. The Labute approximate surface area is 131 Å². The first-order valence-electron chi connectivity index (χ1n) is 8.21. The Kier molecular flexibility index (Phi) is 4.39. The minimum absolute atomic E-state index is 0.176. The highest BCUT2D eigenvalue weighted by atomic mass is 16.5. The van der Waals surface area contributed by atoms with Crippen LogP contribution in [0.5, 0.6) is 0 Å². The van der Waals surface area contributed by atoms with E-state index in [0.29, 0.717) is 19.8 Å². The standard InChI is InChI=1S/C18H25NO3/c20-14-18-9-6-17(7-10-18,8-11-18)13-19-16(21)22-12-15-4-2-1-3-5-15/h1-5,20H,6-14H2,(H,19,21). The molecule has 3 aliphatic rings. The van der Waals surface area contributed by atoms with Crippen LogP contribution in [0, 0.1) is 10.8 Å². The van der Waals surface area contributed by atoms with Crippen LogP contribution in [0.1, 0.15) is 44.1 Å². The SMILES string of the molecule is O=C(NCC12CCC(CO)(CC1)CC2)OCc1ccccc1. The van der Waals surface area contributed by atoms with Crippen LogP contribution in [-0.2, 0) is 11.3 Å². The largest absolute Gasteiger partial charge is 0.445 e. The third-order valence-electron chi connectivity index (χ3n) is 5.71. The van der Waals surface area contributed by atoms with Crippen LogP contribution in [0.3, 0.4) is 0 Å². The number of ether oxygens (including phenoxy) is 1. The maximum atomic E-state index is 11.9. The Bertz CT molecular complexity index is 490. The molecule has 22 heavy (non-hydrogen) atoms. The topological polar surface area (TPSA) is 58.6 Å². The van der Waals surface area contributed by atoms with E-state index in [4.69, 9.17) is 4.74 Å². The Hall–Kier alpha value is -1.55. The van der Waals surface area contributed by atoms with E-state index >= 15 is 0 Å². The quantitative estimate of drug-likeness (QED) is 0.878. The lowest BCUT2D eigenvalue weighted by Gasteiger charge is -2.52. The third-order valence-corrected chi connectivity index (χ3v) is 5.71. The molecule has 1 aromatic carbocycles. The number of nitrogens with one attached hydrogen (secondary N) is 1. The third kappa shape index (κ3) is 3.27. The second-order valence-corrected chi connectivity index (χ2v) is 7.07. The lowest BCUT2D eigenvalue weighted by atomic mass is 9.54. The molecule has 2 N–H and O–H groups in total. The van der Waals surface area contributed by atoms with Gasteiger partial charge in [0.05, 0.1) is 0 Å². The Morgan fingerprint density at radius 2 is 1.64 bits per heavy atom. The van der Waals surface area contributed by atoms with Crippen molar-refractivity contribution in [2.45, 2.75) is 45.1 Å². The van der Waals surface area contributed by atoms with Crippen molar-refractivity contribution in [2.24, 2.45) is 10.8 Å². The van der Waals surface area contributed by atoms with Crippen LogP contribution in [0.15, 0.2) is 30.3 Å². The lowest BCUT2D eigenvalue weighted by Crippen LogP contribution is -2.48. The van der Waals surface area contributed by atoms with Crippen molar-refractivity contribution in [1.82, 2.24) is 5.32 Å². The average molecular weight is 303 g/mol. The number of hydrogen-bond donors (Lipinski definition) is 2. The van der Waals surface area contributed by atoms with E-state index in [0.717, 1.165) is 44.1 Å². The van der Waals surface area contributed by atoms with Gasteiger partial charge in [-0.2, -0.15) is 0 Å². The molecule has 4 rings (SSSR count). The molecule has 3 aliphatic carbocycles. The summed E-state index contributed by atoms with van der Waals surface area (Å²) in [7, 11) is 0. The summed E-state index contributed by atoms with van der Waals surface area (Å²) in [5.74, 6) is 0. The minimum atomic E-state index is -0.331. The van der Waals surface area contributed by atoms with Gasteiger partial charge in [-0.15, -0.1) is 0 Å². The van der Waals surface area contributed by atoms with E-state index in [2.05, 4.69) is 5.32 Å². The number of alkyl carbamates (subject to hydrolysis) is 1. The number of amides is 1. The van der Waals surface area contributed by atoms with E-state index in [1.54, 1.807) is 0 Å². The fourth-order valence-corrected chi connectivity index (χ4v) is 3.88. The Balaban J connectivity index is 1.44. The molecule has 2 bridgehead atoms. The van der Waals surface area contributed by atoms with Gasteiger partial charge in [0, 0.05) is 13.2 Å². The number of carbonyl (C=O) groups is 1. The number of carbonyl (C=O) groups excluding carboxylic acids is 1. The predicted octanol–water partition coefficient (Wildman–Crippen LogP) is 3.25. The van der Waals surface area contributed by atoms with Gasteiger partial charge >= 0.3 is 6.09 Å². The summed E-state index contributed by atoms with van der Waals surface area (Å²) >= 11 is 0. The van der Waals surface area contributed by atoms with Gasteiger partial charge in [-0.1, -0.05) is 30.3 Å². The van der Waals surface area contributed by atoms with Crippen molar-refractivity contribution >= 4 is 6.09 Å². The maximum absolute atomic E-state index is 11.9. The van der Waals surface area contributed by atoms with Crippen molar-refractivity contribution in [3.05, 3.63) is 35.9 Å². The average Bonchev–Trinajstić information content (AvgIpc) is 2.61. The molecule has 0 heterocycles. The molecule has 1 aromatic rings. The van der Waals surface area contributed by atoms with Gasteiger partial charge in [0.15, 0.2) is 0 Å². The first-order valence-corrected chi connectivity index (χ1v) is 8.21. The van der Waals surface area contributed by atoms with Crippen LogP contribution in [0.2, 0.25) is 0 Å². The molecular weight excluding hydrogens is 278 g/mol. The lowest BCUT2D eigenvalue weighted by molar-refractivity contribution is -0.0410. The van der Waals surface area contributed by atoms with Crippen molar-refractivity contribution in [3.8, 4) is 0 Å². The van der Waals surface area contributed by atoms with Crippen molar-refractivity contribution in [3.63, 3.8) is 0 Å². The molecule has 1 amide bonds. The van der Waals surface area contributed by atoms with Gasteiger partial charge in [0.2, 0.25) is 0 Å². The smallest absolute Gasteiger partial charge is 0.407 e. The summed E-state index contributed by atoms with van der Waals surface area (Å²) in [4.78, 5) is 11.9. The summed E-state index contributed by atoms with van der Waals surface area (Å²) < 4.78 is 5.27. The van der Waals surface area contributed by atoms with Crippen molar-refractivity contribution in [1.29, 1.82) is 0 Å². The molecule has 3 saturated carbocycles. The zero-order valence-corrected chi connectivity index (χ0v) is 13.0. The Morgan fingerprint density at radius 1 is 1.05 bits per heavy atom. The first-order chi connectivity index (χ1) is 10.7. The fraction of sp³-hybridized carbons (Fsp3) is 0.611. The zero-order valence-electron chi connectivity index (χ0n) is 13.0. The highest BCUT2D eigenvalue weighted by molar-refractivity contribution is 5.67. The van der Waals surface area contributed by atoms with E-state index in [-0.39, 0.29) is 16.9 Å². The normalized spacial score (nSPS) is 30.0. The van der Waals surface area contributed by atoms with E-state index < -0.39 is 0 Å². The molecule has 0 aromatic heterocycles. The highest BCUT2D eigenvalue weighted by Crippen LogP contribution is 2.56. The number of benzene rings is 1. The van der Waals surface area contributed by atoms with Crippen LogP contribution in [0.25, 0.3) is 0 Å². The molecule has 0 aliphatic heterocycles. The van der Waals surface area contributed by atoms with Gasteiger partial charge in [-0.05, 0) is 54.9 Å². The molecule has 120 valence electrons. The summed E-state index contributed by atoms with van der Waals surface area (Å²) in [5.41, 5.74) is 1.40. The molecule has 0 saturated heterocycles. The van der Waals surface area contributed by atoms with Crippen LogP contribution >= 0.6 is 0 Å². The number of fused-ring (bicyclic) bond motifs is 3. The number of hydrogen-bond acceptors (Lipinski definition) is 3. The van der Waals surface area contributed by atoms with Crippen LogP contribution in [0.4, 0.5) is 4.79 Å². The summed E-state index contributed by atoms with van der Waals surface area (Å²) in [6.07, 6.45) is 6.24. The minimum Gasteiger partial charge on any atom is -0.445 e. The van der Waals surface area contributed by atoms with Gasteiger partial charge in [0.1, 0.15) is 6.61 Å². The summed E-state index contributed by atoms with van der Waals surface area (Å²) in [6, 6.07) is 9.72. The Morgan fingerprint density at radius 3 is 2.23 bits per heavy atom. The molecule has 4 heteroatoms. The van der Waals surface area contributed by atoms with Gasteiger partial charge in [0.25, 0.3) is 0 Å². The van der Waals surface area contributed by atoms with E-state index in [1.165, 1.54) is 0 Å². The van der Waals surface area contributed by atoms with Crippen LogP contribution in [-0.4, -0.2) is 24.4 Å². The predicted molar refractivity (Wildman–Crippen MR) is 84.3 cm³/mol. The molecule has 4 nitrogen and oxygen atoms in total. The molecule has 3 fully saturated rings. The van der Waals surface area contributed by atoms with Gasteiger partial charge < -0.3 is 15.2 Å². The number of aliphatic hydroxyl groups is 1. The number of rotatable bonds is 5. The second-order valence-electron chi connectivity index (χ2n) is 7.07. The number of aliphatic hydroxyl groups excluding tert-OH is 1. The van der Waals surface area contributed by atoms with Crippen molar-refractivity contribution < 1.29 is 14.6 Å². The van der Waals surface area contributed by atoms with Gasteiger partial charge in [-0.3, -0.25) is 0 Å². The maximum Gasteiger partial charge on any atom is 0.407 e. The fourth-order valence-electron chi connectivity index (χ4n) is 3.88. The van der Waals surface area contributed by atoms with E-state index in [1.807, 2.05) is 30.3 Å². The van der Waals surface area contributed by atoms with Gasteiger partial charge in [-0.25, -0.2) is 4.79 Å². The van der Waals surface area contributed by atoms with Crippen molar-refractivity contribution in [2.75, 3.05) is 13.2 Å². The van der Waals surface area contributed by atoms with Crippen LogP contribution < -0.4 is 5.32 Å². The summed E-state index contributed by atoms with van der Waals surface area (Å²) in [5, 5.41) is 12.5.